The summed E-state index contributed by atoms with van der Waals surface area (Å²) in [4.78, 5) is 14.8. The lowest BCUT2D eigenvalue weighted by molar-refractivity contribution is -0.127. The average molecular weight is 434 g/mol. The van der Waals surface area contributed by atoms with Gasteiger partial charge in [0.25, 0.3) is 0 Å². The normalized spacial score (nSPS) is 16.7. The zero-order chi connectivity index (χ0) is 21.0. The molecule has 1 atom stereocenters. The van der Waals surface area contributed by atoms with Gasteiger partial charge in [-0.1, -0.05) is 37.3 Å². The number of nitrogens with one attached hydrogen (secondary N) is 2. The second kappa shape index (κ2) is 9.82. The van der Waals surface area contributed by atoms with Gasteiger partial charge in [0.15, 0.2) is 3.95 Å². The molecule has 0 saturated carbocycles. The van der Waals surface area contributed by atoms with Crippen LogP contribution in [0.1, 0.15) is 39.2 Å². The molecule has 1 amide bonds. The molecule has 1 aromatic heterocycles. The second-order valence-corrected chi connectivity index (χ2v) is 9.86. The van der Waals surface area contributed by atoms with E-state index in [1.807, 2.05) is 16.8 Å². The molecule has 0 radical (unpaired) electrons. The Morgan fingerprint density at radius 3 is 2.69 bits per heavy atom. The number of rotatable bonds is 7. The molecule has 6 nitrogen and oxygen atoms in total. The van der Waals surface area contributed by atoms with Crippen LogP contribution in [-0.4, -0.2) is 39.7 Å². The van der Waals surface area contributed by atoms with E-state index < -0.39 is 0 Å². The Kier molecular flexibility index (Phi) is 7.43. The maximum atomic E-state index is 12.5. The molecule has 1 aliphatic rings. The van der Waals surface area contributed by atoms with Crippen LogP contribution >= 0.6 is 23.6 Å². The zero-order valence-electron chi connectivity index (χ0n) is 17.6. The van der Waals surface area contributed by atoms with Crippen molar-refractivity contribution in [1.82, 2.24) is 20.0 Å². The van der Waals surface area contributed by atoms with Crippen molar-refractivity contribution in [2.75, 3.05) is 18.4 Å². The highest BCUT2D eigenvalue weighted by atomic mass is 32.1. The molecular formula is C21H31N5OS2. The summed E-state index contributed by atoms with van der Waals surface area (Å²) < 4.78 is 2.63. The number of nitrogens with zero attached hydrogens (tertiary/aromatic N) is 3. The van der Waals surface area contributed by atoms with E-state index >= 15 is 0 Å². The third kappa shape index (κ3) is 6.10. The van der Waals surface area contributed by atoms with Gasteiger partial charge in [0.05, 0.1) is 6.67 Å². The average Bonchev–Trinajstić information content (AvgIpc) is 3.01. The minimum Gasteiger partial charge on any atom is -0.353 e. The Labute approximate surface area is 182 Å². The van der Waals surface area contributed by atoms with Crippen LogP contribution in [0.3, 0.4) is 0 Å². The van der Waals surface area contributed by atoms with Crippen LogP contribution in [0.2, 0.25) is 0 Å². The number of amides is 1. The van der Waals surface area contributed by atoms with Gasteiger partial charge in [0.1, 0.15) is 0 Å². The molecule has 1 aromatic carbocycles. The van der Waals surface area contributed by atoms with Crippen LogP contribution in [0.4, 0.5) is 10.8 Å². The maximum Gasteiger partial charge on any atom is 0.223 e. The van der Waals surface area contributed by atoms with Crippen molar-refractivity contribution in [2.24, 2.45) is 11.8 Å². The maximum absolute atomic E-state index is 12.5. The smallest absolute Gasteiger partial charge is 0.223 e. The second-order valence-electron chi connectivity index (χ2n) is 8.24. The van der Waals surface area contributed by atoms with Gasteiger partial charge < -0.3 is 10.6 Å². The van der Waals surface area contributed by atoms with Gasteiger partial charge >= 0.3 is 0 Å². The Bertz CT molecular complexity index is 883. The largest absolute Gasteiger partial charge is 0.353 e. The van der Waals surface area contributed by atoms with Crippen LogP contribution in [0.5, 0.6) is 0 Å². The number of likely N-dealkylation sites (tertiary alicyclic amines) is 1. The number of carbonyl (C=O) groups excluding carboxylic acids is 1. The van der Waals surface area contributed by atoms with E-state index in [0.29, 0.717) is 12.6 Å². The Morgan fingerprint density at radius 2 is 2.03 bits per heavy atom. The highest BCUT2D eigenvalue weighted by molar-refractivity contribution is 7.73. The monoisotopic (exact) mass is 433 g/mol. The molecule has 1 aliphatic heterocycles. The van der Waals surface area contributed by atoms with E-state index in [9.17, 15) is 4.79 Å². The fourth-order valence-electron chi connectivity index (χ4n) is 3.33. The summed E-state index contributed by atoms with van der Waals surface area (Å²) in [6.07, 6.45) is 1.75. The minimum absolute atomic E-state index is 0.106. The van der Waals surface area contributed by atoms with Crippen LogP contribution in [0.15, 0.2) is 24.3 Å². The molecule has 29 heavy (non-hydrogen) atoms. The first kappa shape index (κ1) is 21.9. The first-order valence-corrected chi connectivity index (χ1v) is 11.5. The molecule has 8 heteroatoms. The molecule has 2 heterocycles. The van der Waals surface area contributed by atoms with Crippen LogP contribution in [-0.2, 0) is 11.5 Å². The third-order valence-electron chi connectivity index (χ3n) is 5.54. The fraction of sp³-hybridized carbons (Fsp3) is 0.571. The summed E-state index contributed by atoms with van der Waals surface area (Å²) in [5, 5.41) is 11.9. The first-order chi connectivity index (χ1) is 13.8. The van der Waals surface area contributed by atoms with E-state index in [-0.39, 0.29) is 17.9 Å². The van der Waals surface area contributed by atoms with Gasteiger partial charge in [0, 0.05) is 30.7 Å². The SMILES string of the molecule is Cc1cccc(Nc2nn(CN3CCC(C(=O)NC(C)C(C)C)CC3)c(=S)s2)c1. The molecule has 1 saturated heterocycles. The number of hydrogen-bond donors (Lipinski definition) is 2. The number of aromatic nitrogens is 2. The molecule has 2 N–H and O–H groups in total. The summed E-state index contributed by atoms with van der Waals surface area (Å²) in [7, 11) is 0. The predicted molar refractivity (Wildman–Crippen MR) is 122 cm³/mol. The van der Waals surface area contributed by atoms with Gasteiger partial charge in [0.2, 0.25) is 11.0 Å². The lowest BCUT2D eigenvalue weighted by atomic mass is 9.95. The van der Waals surface area contributed by atoms with Gasteiger partial charge in [-0.2, -0.15) is 0 Å². The number of piperidine rings is 1. The predicted octanol–water partition coefficient (Wildman–Crippen LogP) is 4.56. The van der Waals surface area contributed by atoms with Crippen molar-refractivity contribution in [3.05, 3.63) is 33.8 Å². The van der Waals surface area contributed by atoms with Crippen molar-refractivity contribution in [3.63, 3.8) is 0 Å². The third-order valence-corrected chi connectivity index (χ3v) is 6.76. The standard InChI is InChI=1S/C21H31N5OS2/c1-14(2)16(4)22-19(27)17-8-10-25(11-9-17)13-26-21(28)29-20(24-26)23-18-7-5-6-15(3)12-18/h5-7,12,14,16-17H,8-11,13H2,1-4H3,(H,22,27)(H,23,24). The Hall–Kier alpha value is -1.77. The topological polar surface area (TPSA) is 62.2 Å². The highest BCUT2D eigenvalue weighted by Gasteiger charge is 2.26. The minimum atomic E-state index is 0.106. The van der Waals surface area contributed by atoms with E-state index in [2.05, 4.69) is 60.5 Å². The van der Waals surface area contributed by atoms with Gasteiger partial charge in [-0.25, -0.2) is 4.68 Å². The van der Waals surface area contributed by atoms with Crippen LogP contribution in [0.25, 0.3) is 0 Å². The van der Waals surface area contributed by atoms with E-state index in [4.69, 9.17) is 12.2 Å². The first-order valence-electron chi connectivity index (χ1n) is 10.3. The van der Waals surface area contributed by atoms with Gasteiger partial charge in [-0.05, 0) is 62.5 Å². The number of benzene rings is 1. The van der Waals surface area contributed by atoms with Crippen molar-refractivity contribution < 1.29 is 4.79 Å². The van der Waals surface area contributed by atoms with Gasteiger partial charge in [-0.3, -0.25) is 9.69 Å². The van der Waals surface area contributed by atoms with Crippen LogP contribution in [0, 0.1) is 22.7 Å². The van der Waals surface area contributed by atoms with Crippen molar-refractivity contribution in [1.29, 1.82) is 0 Å². The Balaban J connectivity index is 1.52. The van der Waals surface area contributed by atoms with Crippen LogP contribution < -0.4 is 10.6 Å². The zero-order valence-corrected chi connectivity index (χ0v) is 19.3. The van der Waals surface area contributed by atoms with E-state index in [0.717, 1.165) is 40.7 Å². The number of anilines is 2. The molecule has 2 aromatic rings. The summed E-state index contributed by atoms with van der Waals surface area (Å²) in [5.41, 5.74) is 2.22. The van der Waals surface area contributed by atoms with Crippen molar-refractivity contribution in [2.45, 2.75) is 53.2 Å². The lowest BCUT2D eigenvalue weighted by Crippen LogP contribution is -2.44. The number of hydrogen-bond acceptors (Lipinski definition) is 6. The summed E-state index contributed by atoms with van der Waals surface area (Å²) in [5.74, 6) is 0.753. The quantitative estimate of drug-likeness (QED) is 0.627. The molecule has 0 spiro atoms. The summed E-state index contributed by atoms with van der Waals surface area (Å²) in [6.45, 7) is 10.8. The summed E-state index contributed by atoms with van der Waals surface area (Å²) in [6, 6.07) is 8.42. The molecule has 3 rings (SSSR count). The summed E-state index contributed by atoms with van der Waals surface area (Å²) >= 11 is 6.99. The molecule has 158 valence electrons. The fourth-order valence-corrected chi connectivity index (χ4v) is 4.34. The molecule has 1 fully saturated rings. The van der Waals surface area contributed by atoms with E-state index in [1.165, 1.54) is 16.9 Å². The number of aryl methyl sites for hydroxylation is 1. The number of carbonyl (C=O) groups is 1. The van der Waals surface area contributed by atoms with Gasteiger partial charge in [-0.15, -0.1) is 5.10 Å². The van der Waals surface area contributed by atoms with Crippen molar-refractivity contribution in [3.8, 4) is 0 Å². The van der Waals surface area contributed by atoms with Crippen molar-refractivity contribution >= 4 is 40.3 Å². The molecule has 0 aliphatic carbocycles. The molecular weight excluding hydrogens is 402 g/mol. The Morgan fingerprint density at radius 1 is 1.31 bits per heavy atom. The highest BCUT2D eigenvalue weighted by Crippen LogP contribution is 2.23. The molecule has 0 bridgehead atoms. The molecule has 1 unspecified atom stereocenters. The van der Waals surface area contributed by atoms with E-state index in [1.54, 1.807) is 0 Å². The lowest BCUT2D eigenvalue weighted by Gasteiger charge is -2.31.